The summed E-state index contributed by atoms with van der Waals surface area (Å²) in [6.07, 6.45) is -4.76. The molecule has 3 aromatic rings. The van der Waals surface area contributed by atoms with Gasteiger partial charge < -0.3 is 10.0 Å². The van der Waals surface area contributed by atoms with Gasteiger partial charge >= 0.3 is 12.1 Å². The van der Waals surface area contributed by atoms with Crippen LogP contribution in [0.2, 0.25) is 0 Å². The van der Waals surface area contributed by atoms with Gasteiger partial charge in [0.05, 0.1) is 27.1 Å². The number of hydrogen-bond acceptors (Lipinski definition) is 4. The number of carbonyl (C=O) groups excluding carboxylic acids is 1. The molecule has 1 amide bonds. The van der Waals surface area contributed by atoms with E-state index in [4.69, 9.17) is 0 Å². The molecule has 0 saturated carbocycles. The lowest BCUT2D eigenvalue weighted by atomic mass is 9.92. The molecule has 3 aromatic carbocycles. The van der Waals surface area contributed by atoms with Crippen molar-refractivity contribution in [2.75, 3.05) is 17.5 Å². The summed E-state index contributed by atoms with van der Waals surface area (Å²) in [5, 5.41) is 9.55. The normalized spacial score (nSPS) is 14.5. The van der Waals surface area contributed by atoms with E-state index in [-0.39, 0.29) is 17.8 Å². The Labute approximate surface area is 211 Å². The molecule has 0 fully saturated rings. The van der Waals surface area contributed by atoms with Crippen molar-refractivity contribution in [1.29, 1.82) is 0 Å². The lowest BCUT2D eigenvalue weighted by Gasteiger charge is -2.39. The lowest BCUT2D eigenvalue weighted by Crippen LogP contribution is -2.52. The van der Waals surface area contributed by atoms with Crippen LogP contribution >= 0.6 is 0 Å². The number of halogens is 3. The third kappa shape index (κ3) is 5.04. The molecule has 4 rings (SSSR count). The fourth-order valence-corrected chi connectivity index (χ4v) is 5.51. The van der Waals surface area contributed by atoms with E-state index >= 15 is 0 Å². The summed E-state index contributed by atoms with van der Waals surface area (Å²) < 4.78 is 68.3. The predicted octanol–water partition coefficient (Wildman–Crippen LogP) is 5.09. The molecule has 1 N–H and O–H groups in total. The summed E-state index contributed by atoms with van der Waals surface area (Å²) in [7, 11) is -4.60. The number of carboxylic acid groups (broad SMARTS) is 1. The number of carbonyl (C=O) groups is 2. The van der Waals surface area contributed by atoms with Crippen molar-refractivity contribution in [3.05, 3.63) is 83.9 Å². The standard InChI is InChI=1S/C26H23F3N2O5S/c1-25(2,24(33)34)15-30-16-31(37(35,36)20-10-6-9-19(14-20)26(27,28)29)22-13-18(11-12-21(22)23(30)32)17-7-4-3-5-8-17/h3-14H,15-16H2,1-2H3,(H,33,34). The molecule has 0 aromatic heterocycles. The van der Waals surface area contributed by atoms with Gasteiger partial charge in [-0.25, -0.2) is 12.7 Å². The van der Waals surface area contributed by atoms with Crippen molar-refractivity contribution < 1.29 is 36.3 Å². The Balaban J connectivity index is 1.88. The summed E-state index contributed by atoms with van der Waals surface area (Å²) in [4.78, 5) is 25.5. The van der Waals surface area contributed by atoms with Crippen molar-refractivity contribution in [1.82, 2.24) is 4.90 Å². The van der Waals surface area contributed by atoms with E-state index in [2.05, 4.69) is 0 Å². The average Bonchev–Trinajstić information content (AvgIpc) is 2.85. The van der Waals surface area contributed by atoms with Gasteiger partial charge in [0.2, 0.25) is 0 Å². The summed E-state index contributed by atoms with van der Waals surface area (Å²) in [6, 6.07) is 16.9. The lowest BCUT2D eigenvalue weighted by molar-refractivity contribution is -0.147. The van der Waals surface area contributed by atoms with E-state index in [9.17, 15) is 36.3 Å². The fourth-order valence-electron chi connectivity index (χ4n) is 4.03. The second-order valence-electron chi connectivity index (χ2n) is 9.31. The number of fused-ring (bicyclic) bond motifs is 1. The van der Waals surface area contributed by atoms with Gasteiger partial charge in [0, 0.05) is 6.54 Å². The molecular weight excluding hydrogens is 509 g/mol. The van der Waals surface area contributed by atoms with Crippen LogP contribution in [-0.2, 0) is 21.0 Å². The smallest absolute Gasteiger partial charge is 0.416 e. The van der Waals surface area contributed by atoms with Gasteiger partial charge in [0.15, 0.2) is 0 Å². The molecule has 7 nitrogen and oxygen atoms in total. The third-order valence-electron chi connectivity index (χ3n) is 6.10. The van der Waals surface area contributed by atoms with E-state index in [0.29, 0.717) is 11.6 Å². The molecule has 1 heterocycles. The molecule has 0 radical (unpaired) electrons. The van der Waals surface area contributed by atoms with Gasteiger partial charge in [-0.2, -0.15) is 13.2 Å². The fraction of sp³-hybridized carbons (Fsp3) is 0.231. The molecule has 11 heteroatoms. The van der Waals surface area contributed by atoms with Crippen LogP contribution in [0.1, 0.15) is 29.8 Å². The number of aliphatic carboxylic acids is 1. The quantitative estimate of drug-likeness (QED) is 0.477. The van der Waals surface area contributed by atoms with Crippen molar-refractivity contribution in [3.8, 4) is 11.1 Å². The van der Waals surface area contributed by atoms with Gasteiger partial charge in [-0.3, -0.25) is 9.59 Å². The molecular formula is C26H23F3N2O5S. The highest BCUT2D eigenvalue weighted by Crippen LogP contribution is 2.38. The Kier molecular flexibility index (Phi) is 6.53. The van der Waals surface area contributed by atoms with Crippen molar-refractivity contribution in [3.63, 3.8) is 0 Å². The maximum atomic E-state index is 13.7. The zero-order chi connectivity index (χ0) is 27.2. The molecule has 37 heavy (non-hydrogen) atoms. The highest BCUT2D eigenvalue weighted by molar-refractivity contribution is 7.92. The van der Waals surface area contributed by atoms with Crippen LogP contribution in [0.3, 0.4) is 0 Å². The topological polar surface area (TPSA) is 95.0 Å². The van der Waals surface area contributed by atoms with Crippen LogP contribution in [-0.4, -0.2) is 43.5 Å². The monoisotopic (exact) mass is 532 g/mol. The Hall–Kier alpha value is -3.86. The van der Waals surface area contributed by atoms with E-state index in [1.165, 1.54) is 26.0 Å². The van der Waals surface area contributed by atoms with E-state index in [0.717, 1.165) is 33.0 Å². The second-order valence-corrected chi connectivity index (χ2v) is 11.2. The van der Waals surface area contributed by atoms with Crippen molar-refractivity contribution >= 4 is 27.6 Å². The first kappa shape index (κ1) is 26.2. The number of amides is 1. The molecule has 0 aliphatic carbocycles. The number of nitrogens with zero attached hydrogens (tertiary/aromatic N) is 2. The average molecular weight is 533 g/mol. The molecule has 0 spiro atoms. The number of benzene rings is 3. The number of hydrogen-bond donors (Lipinski definition) is 1. The minimum atomic E-state index is -4.76. The van der Waals surface area contributed by atoms with Gasteiger partial charge in [0.1, 0.15) is 6.67 Å². The predicted molar refractivity (Wildman–Crippen MR) is 130 cm³/mol. The summed E-state index contributed by atoms with van der Waals surface area (Å²) in [5.41, 5.74) is -1.23. The van der Waals surface area contributed by atoms with E-state index in [1.807, 2.05) is 0 Å². The first-order valence-electron chi connectivity index (χ1n) is 11.1. The van der Waals surface area contributed by atoms with Crippen LogP contribution in [0.5, 0.6) is 0 Å². The number of rotatable bonds is 6. The van der Waals surface area contributed by atoms with Crippen LogP contribution in [0.25, 0.3) is 11.1 Å². The molecule has 0 bridgehead atoms. The molecule has 0 saturated heterocycles. The number of anilines is 1. The third-order valence-corrected chi connectivity index (χ3v) is 7.85. The SMILES string of the molecule is CC(C)(CN1CN(S(=O)(=O)c2cccc(C(F)(F)F)c2)c2cc(-c3ccccc3)ccc2C1=O)C(=O)O. The van der Waals surface area contributed by atoms with Gasteiger partial charge in [-0.15, -0.1) is 0 Å². The Morgan fingerprint density at radius 2 is 1.62 bits per heavy atom. The number of alkyl halides is 3. The largest absolute Gasteiger partial charge is 0.481 e. The zero-order valence-electron chi connectivity index (χ0n) is 19.9. The van der Waals surface area contributed by atoms with Crippen LogP contribution in [0.15, 0.2) is 77.7 Å². The van der Waals surface area contributed by atoms with Crippen molar-refractivity contribution in [2.45, 2.75) is 24.9 Å². The number of sulfonamides is 1. The van der Waals surface area contributed by atoms with E-state index < -0.39 is 50.6 Å². The maximum Gasteiger partial charge on any atom is 0.416 e. The first-order chi connectivity index (χ1) is 17.2. The van der Waals surface area contributed by atoms with Crippen LogP contribution in [0.4, 0.5) is 18.9 Å². The summed E-state index contributed by atoms with van der Waals surface area (Å²) in [5.74, 6) is -1.78. The molecule has 0 unspecified atom stereocenters. The minimum absolute atomic E-state index is 0.00635. The molecule has 194 valence electrons. The zero-order valence-corrected chi connectivity index (χ0v) is 20.7. The summed E-state index contributed by atoms with van der Waals surface area (Å²) >= 11 is 0. The molecule has 1 aliphatic heterocycles. The van der Waals surface area contributed by atoms with Crippen LogP contribution in [0, 0.1) is 5.41 Å². The Bertz CT molecular complexity index is 1470. The van der Waals surface area contributed by atoms with Gasteiger partial charge in [-0.1, -0.05) is 42.5 Å². The Morgan fingerprint density at radius 1 is 0.946 bits per heavy atom. The first-order valence-corrected chi connectivity index (χ1v) is 12.6. The highest BCUT2D eigenvalue weighted by Gasteiger charge is 2.41. The van der Waals surface area contributed by atoms with Crippen molar-refractivity contribution in [2.24, 2.45) is 5.41 Å². The highest BCUT2D eigenvalue weighted by atomic mass is 32.2. The van der Waals surface area contributed by atoms with Gasteiger partial charge in [0.25, 0.3) is 15.9 Å². The second kappa shape index (κ2) is 9.22. The maximum absolute atomic E-state index is 13.7. The number of carboxylic acids is 1. The van der Waals surface area contributed by atoms with Crippen LogP contribution < -0.4 is 4.31 Å². The van der Waals surface area contributed by atoms with Gasteiger partial charge in [-0.05, 0) is 55.3 Å². The Morgan fingerprint density at radius 3 is 2.24 bits per heavy atom. The summed E-state index contributed by atoms with van der Waals surface area (Å²) in [6.45, 7) is 1.89. The molecule has 1 aliphatic rings. The minimum Gasteiger partial charge on any atom is -0.481 e. The van der Waals surface area contributed by atoms with E-state index in [1.54, 1.807) is 36.4 Å². The molecule has 0 atom stereocenters.